The van der Waals surface area contributed by atoms with Crippen molar-refractivity contribution in [1.82, 2.24) is 4.90 Å². The zero-order valence-electron chi connectivity index (χ0n) is 21.7. The quantitative estimate of drug-likeness (QED) is 0.283. The van der Waals surface area contributed by atoms with Crippen LogP contribution in [-0.4, -0.2) is 40.8 Å². The molecule has 41 heavy (non-hydrogen) atoms. The first kappa shape index (κ1) is 26.4. The van der Waals surface area contributed by atoms with Crippen LogP contribution >= 0.6 is 23.2 Å². The summed E-state index contributed by atoms with van der Waals surface area (Å²) < 4.78 is 16.0. The molecule has 0 unspecified atom stereocenters. The molecule has 2 saturated heterocycles. The third kappa shape index (κ3) is 3.90. The molecule has 2 amide bonds. The lowest BCUT2D eigenvalue weighted by Crippen LogP contribution is -2.54. The van der Waals surface area contributed by atoms with Gasteiger partial charge in [0.15, 0.2) is 0 Å². The van der Waals surface area contributed by atoms with Crippen molar-refractivity contribution in [1.29, 1.82) is 0 Å². The van der Waals surface area contributed by atoms with Gasteiger partial charge in [-0.05, 0) is 61.1 Å². The second kappa shape index (κ2) is 9.51. The van der Waals surface area contributed by atoms with Gasteiger partial charge < -0.3 is 10.2 Å². The zero-order valence-corrected chi connectivity index (χ0v) is 23.2. The van der Waals surface area contributed by atoms with Crippen LogP contribution in [0, 0.1) is 27.8 Å². The molecule has 0 bridgehead atoms. The summed E-state index contributed by atoms with van der Waals surface area (Å²) in [4.78, 5) is 43.3. The molecule has 8 nitrogen and oxygen atoms in total. The van der Waals surface area contributed by atoms with Gasteiger partial charge in [0, 0.05) is 59.1 Å². The third-order valence-electron chi connectivity index (χ3n) is 9.10. The van der Waals surface area contributed by atoms with Gasteiger partial charge in [0.2, 0.25) is 11.8 Å². The van der Waals surface area contributed by atoms with Crippen LogP contribution in [0.4, 0.5) is 21.5 Å². The zero-order chi connectivity index (χ0) is 28.6. The average Bonchev–Trinajstić information content (AvgIpc) is 3.67. The number of rotatable bonds is 5. The number of likely N-dealkylation sites (tertiary alicyclic amines) is 1. The second-order valence-electron chi connectivity index (χ2n) is 11.3. The summed E-state index contributed by atoms with van der Waals surface area (Å²) in [6.07, 6.45) is 2.59. The Morgan fingerprint density at radius 2 is 1.80 bits per heavy atom. The molecule has 210 valence electrons. The first-order valence-corrected chi connectivity index (χ1v) is 14.4. The van der Waals surface area contributed by atoms with E-state index in [0.29, 0.717) is 47.4 Å². The Labute approximate surface area is 245 Å². The fraction of sp³-hybridized carbons (Fsp3) is 0.333. The molecule has 3 aromatic rings. The number of benzene rings is 3. The number of non-ortho nitro benzene ring substituents is 1. The number of nitro groups is 1. The summed E-state index contributed by atoms with van der Waals surface area (Å²) in [6, 6.07) is 15.4. The number of piperidine rings is 1. The Bertz CT molecular complexity index is 1610. The maximum atomic E-state index is 16.0. The molecule has 11 heteroatoms. The molecule has 0 radical (unpaired) electrons. The van der Waals surface area contributed by atoms with Crippen molar-refractivity contribution in [3.05, 3.63) is 97.8 Å². The molecule has 4 atom stereocenters. The Morgan fingerprint density at radius 1 is 1.05 bits per heavy atom. The number of nitrogens with one attached hydrogen (secondary N) is 1. The molecule has 1 aliphatic carbocycles. The van der Waals surface area contributed by atoms with Crippen LogP contribution in [-0.2, 0) is 15.1 Å². The van der Waals surface area contributed by atoms with Gasteiger partial charge >= 0.3 is 0 Å². The van der Waals surface area contributed by atoms with E-state index in [-0.39, 0.29) is 34.1 Å². The van der Waals surface area contributed by atoms with Crippen molar-refractivity contribution in [2.45, 2.75) is 36.8 Å². The van der Waals surface area contributed by atoms with Crippen molar-refractivity contribution in [3.8, 4) is 0 Å². The smallest absolute Gasteiger partial charge is 0.269 e. The van der Waals surface area contributed by atoms with E-state index in [2.05, 4.69) is 10.2 Å². The fourth-order valence-electron chi connectivity index (χ4n) is 7.24. The number of hydrogen-bond acceptors (Lipinski definition) is 5. The highest BCUT2D eigenvalue weighted by Gasteiger charge is 2.70. The van der Waals surface area contributed by atoms with Gasteiger partial charge in [0.25, 0.3) is 5.69 Å². The van der Waals surface area contributed by atoms with Gasteiger partial charge in [-0.3, -0.25) is 24.6 Å². The van der Waals surface area contributed by atoms with Gasteiger partial charge in [0.05, 0.1) is 15.9 Å². The summed E-state index contributed by atoms with van der Waals surface area (Å²) in [6.45, 7) is 0.953. The minimum Gasteiger partial charge on any atom is -0.324 e. The van der Waals surface area contributed by atoms with Gasteiger partial charge in [0.1, 0.15) is 11.4 Å². The van der Waals surface area contributed by atoms with Crippen LogP contribution in [0.25, 0.3) is 0 Å². The van der Waals surface area contributed by atoms with Gasteiger partial charge in [-0.1, -0.05) is 41.4 Å². The number of amides is 2. The minimum atomic E-state index is -1.36. The van der Waals surface area contributed by atoms with Crippen LogP contribution in [0.15, 0.2) is 60.7 Å². The van der Waals surface area contributed by atoms with Crippen LogP contribution < -0.4 is 10.2 Å². The SMILES string of the molecule is O=C1[C@@H]2[C@H](CCN1c1ccc([N+](=O)[O-])cc1)N(CC1CC1)[C@@]1(C(=O)Nc3cc(Cl)ccc31)[C@H]2c1cccc(Cl)c1F. The molecule has 1 saturated carbocycles. The van der Waals surface area contributed by atoms with E-state index in [1.165, 1.54) is 18.2 Å². The molecule has 3 aliphatic heterocycles. The summed E-state index contributed by atoms with van der Waals surface area (Å²) in [5, 5.41) is 14.6. The standard InChI is InChI=1S/C30H25Cl2FN4O4/c31-17-6-11-21-23(14-17)34-29(39)30(21)26(20-2-1-3-22(32)27(20)33)25-24(36(30)15-16-4-5-16)12-13-35(28(25)38)18-7-9-19(10-8-18)37(40)41/h1-3,6-11,14,16,24-26H,4-5,12-13,15H2,(H,34,39)/t24-,25+,26-,30+/m0/s1. The maximum Gasteiger partial charge on any atom is 0.269 e. The Balaban J connectivity index is 1.43. The van der Waals surface area contributed by atoms with E-state index >= 15 is 4.39 Å². The molecule has 1 N–H and O–H groups in total. The summed E-state index contributed by atoms with van der Waals surface area (Å²) >= 11 is 12.6. The van der Waals surface area contributed by atoms with E-state index in [9.17, 15) is 19.7 Å². The average molecular weight is 595 g/mol. The van der Waals surface area contributed by atoms with E-state index in [1.54, 1.807) is 47.4 Å². The lowest BCUT2D eigenvalue weighted by Gasteiger charge is -2.40. The van der Waals surface area contributed by atoms with Crippen molar-refractivity contribution >= 4 is 52.1 Å². The van der Waals surface area contributed by atoms with Crippen LogP contribution in [0.3, 0.4) is 0 Å². The normalized spacial score (nSPS) is 27.2. The highest BCUT2D eigenvalue weighted by Crippen LogP contribution is 2.62. The molecule has 3 aromatic carbocycles. The van der Waals surface area contributed by atoms with Gasteiger partial charge in [-0.15, -0.1) is 0 Å². The Morgan fingerprint density at radius 3 is 2.51 bits per heavy atom. The molecule has 3 heterocycles. The van der Waals surface area contributed by atoms with E-state index in [0.717, 1.165) is 12.8 Å². The van der Waals surface area contributed by atoms with E-state index in [4.69, 9.17) is 23.2 Å². The summed E-state index contributed by atoms with van der Waals surface area (Å²) in [5.41, 5.74) is 0.507. The van der Waals surface area contributed by atoms with E-state index < -0.39 is 28.1 Å². The molecule has 3 fully saturated rings. The lowest BCUT2D eigenvalue weighted by molar-refractivity contribution is -0.384. The molecule has 1 spiro atoms. The van der Waals surface area contributed by atoms with Crippen LogP contribution in [0.2, 0.25) is 10.0 Å². The van der Waals surface area contributed by atoms with Crippen LogP contribution in [0.1, 0.15) is 36.3 Å². The monoisotopic (exact) mass is 594 g/mol. The highest BCUT2D eigenvalue weighted by atomic mass is 35.5. The van der Waals surface area contributed by atoms with Gasteiger partial charge in [-0.2, -0.15) is 0 Å². The molecule has 0 aromatic heterocycles. The maximum absolute atomic E-state index is 16.0. The number of nitro benzene ring substituents is 1. The number of nitrogens with zero attached hydrogens (tertiary/aromatic N) is 3. The topological polar surface area (TPSA) is 95.8 Å². The fourth-order valence-corrected chi connectivity index (χ4v) is 7.60. The largest absolute Gasteiger partial charge is 0.324 e. The van der Waals surface area contributed by atoms with Crippen molar-refractivity contribution in [2.75, 3.05) is 23.3 Å². The summed E-state index contributed by atoms with van der Waals surface area (Å²) in [7, 11) is 0. The third-order valence-corrected chi connectivity index (χ3v) is 9.63. The number of halogens is 3. The van der Waals surface area contributed by atoms with Crippen LogP contribution in [0.5, 0.6) is 0 Å². The molecule has 4 aliphatic rings. The Kier molecular flexibility index (Phi) is 6.12. The first-order valence-electron chi connectivity index (χ1n) is 13.6. The predicted octanol–water partition coefficient (Wildman–Crippen LogP) is 6.12. The number of carbonyl (C=O) groups excluding carboxylic acids is 2. The molecular formula is C30H25Cl2FN4O4. The van der Waals surface area contributed by atoms with Crippen molar-refractivity contribution < 1.29 is 18.9 Å². The summed E-state index contributed by atoms with van der Waals surface area (Å²) in [5.74, 6) is -2.52. The predicted molar refractivity (Wildman–Crippen MR) is 153 cm³/mol. The second-order valence-corrected chi connectivity index (χ2v) is 12.1. The van der Waals surface area contributed by atoms with E-state index in [1.807, 2.05) is 0 Å². The van der Waals surface area contributed by atoms with Gasteiger partial charge in [-0.25, -0.2) is 4.39 Å². The minimum absolute atomic E-state index is 0.0803. The molecular weight excluding hydrogens is 570 g/mol. The lowest BCUT2D eigenvalue weighted by atomic mass is 9.70. The molecule has 7 rings (SSSR count). The number of hydrogen-bond donors (Lipinski definition) is 1. The van der Waals surface area contributed by atoms with Crippen molar-refractivity contribution in [3.63, 3.8) is 0 Å². The Hall–Kier alpha value is -3.53. The number of carbonyl (C=O) groups is 2. The van der Waals surface area contributed by atoms with Crippen molar-refractivity contribution in [2.24, 2.45) is 11.8 Å². The first-order chi connectivity index (χ1) is 19.7. The number of fused-ring (bicyclic) bond motifs is 3. The number of anilines is 2. The highest BCUT2D eigenvalue weighted by molar-refractivity contribution is 6.31.